The molecule has 15 heavy (non-hydrogen) atoms. The molecule has 4 nitrogen and oxygen atoms in total. The van der Waals surface area contributed by atoms with E-state index in [2.05, 4.69) is 34.1 Å². The Morgan fingerprint density at radius 1 is 1.27 bits per heavy atom. The molecule has 0 fully saturated rings. The number of anilines is 1. The van der Waals surface area contributed by atoms with Crippen molar-refractivity contribution in [2.24, 2.45) is 0 Å². The van der Waals surface area contributed by atoms with E-state index in [1.54, 1.807) is 17.5 Å². The highest BCUT2D eigenvalue weighted by Crippen LogP contribution is 2.25. The molecule has 0 spiro atoms. The van der Waals surface area contributed by atoms with Gasteiger partial charge in [-0.25, -0.2) is 15.0 Å². The van der Waals surface area contributed by atoms with Crippen LogP contribution in [0.4, 0.5) is 5.82 Å². The van der Waals surface area contributed by atoms with Gasteiger partial charge in [0.25, 0.3) is 0 Å². The average molecular weight is 220 g/mol. The molecule has 1 N–H and O–H groups in total. The van der Waals surface area contributed by atoms with Crippen LogP contribution >= 0.6 is 11.3 Å². The van der Waals surface area contributed by atoms with E-state index in [-0.39, 0.29) is 5.54 Å². The van der Waals surface area contributed by atoms with Gasteiger partial charge in [0.2, 0.25) is 0 Å². The Morgan fingerprint density at radius 2 is 2.13 bits per heavy atom. The van der Waals surface area contributed by atoms with Gasteiger partial charge >= 0.3 is 0 Å². The molecular formula is C10H12N4S. The van der Waals surface area contributed by atoms with Gasteiger partial charge in [-0.15, -0.1) is 11.3 Å². The van der Waals surface area contributed by atoms with Gasteiger partial charge in [-0.2, -0.15) is 0 Å². The number of nitrogens with one attached hydrogen (secondary N) is 1. The second-order valence-electron chi connectivity index (χ2n) is 3.68. The van der Waals surface area contributed by atoms with Gasteiger partial charge in [0, 0.05) is 17.8 Å². The summed E-state index contributed by atoms with van der Waals surface area (Å²) in [5.74, 6) is 0.810. The molecule has 0 aliphatic carbocycles. The fourth-order valence-electron chi connectivity index (χ4n) is 1.27. The number of hydrogen-bond acceptors (Lipinski definition) is 5. The Kier molecular flexibility index (Phi) is 2.64. The van der Waals surface area contributed by atoms with Crippen molar-refractivity contribution in [3.05, 3.63) is 35.2 Å². The summed E-state index contributed by atoms with van der Waals surface area (Å²) >= 11 is 1.63. The Bertz CT molecular complexity index is 410. The maximum atomic E-state index is 4.30. The zero-order chi connectivity index (χ0) is 10.7. The zero-order valence-electron chi connectivity index (χ0n) is 8.64. The maximum absolute atomic E-state index is 4.30. The summed E-state index contributed by atoms with van der Waals surface area (Å²) in [5, 5.41) is 6.33. The third kappa shape index (κ3) is 2.30. The Morgan fingerprint density at radius 3 is 2.73 bits per heavy atom. The zero-order valence-corrected chi connectivity index (χ0v) is 9.45. The van der Waals surface area contributed by atoms with Crippen molar-refractivity contribution >= 4 is 17.2 Å². The Labute approximate surface area is 92.4 Å². The van der Waals surface area contributed by atoms with Crippen molar-refractivity contribution in [3.63, 3.8) is 0 Å². The van der Waals surface area contributed by atoms with Crippen molar-refractivity contribution in [3.8, 4) is 0 Å². The minimum atomic E-state index is -0.206. The van der Waals surface area contributed by atoms with Gasteiger partial charge in [-0.3, -0.25) is 0 Å². The summed E-state index contributed by atoms with van der Waals surface area (Å²) < 4.78 is 0. The summed E-state index contributed by atoms with van der Waals surface area (Å²) in [4.78, 5) is 12.3. The molecular weight excluding hydrogens is 208 g/mol. The highest BCUT2D eigenvalue weighted by atomic mass is 32.1. The molecule has 5 heteroatoms. The van der Waals surface area contributed by atoms with Crippen LogP contribution in [0.2, 0.25) is 0 Å². The standard InChI is InChI=1S/C10H12N4S/c1-10(2,9-12-5-6-15-9)14-8-3-4-11-7-13-8/h3-7H,1-2H3,(H,11,13,14). The molecule has 2 aromatic heterocycles. The molecule has 0 unspecified atom stereocenters. The van der Waals surface area contributed by atoms with Gasteiger partial charge in [-0.05, 0) is 19.9 Å². The van der Waals surface area contributed by atoms with Crippen molar-refractivity contribution in [2.45, 2.75) is 19.4 Å². The van der Waals surface area contributed by atoms with Crippen LogP contribution < -0.4 is 5.32 Å². The van der Waals surface area contributed by atoms with Crippen LogP contribution in [0.5, 0.6) is 0 Å². The monoisotopic (exact) mass is 220 g/mol. The number of aromatic nitrogens is 3. The van der Waals surface area contributed by atoms with Gasteiger partial charge in [0.1, 0.15) is 17.2 Å². The summed E-state index contributed by atoms with van der Waals surface area (Å²) in [6.45, 7) is 4.15. The first kappa shape index (κ1) is 10.0. The highest BCUT2D eigenvalue weighted by Gasteiger charge is 2.23. The summed E-state index contributed by atoms with van der Waals surface area (Å²) in [7, 11) is 0. The van der Waals surface area contributed by atoms with Crippen LogP contribution in [0, 0.1) is 0 Å². The number of rotatable bonds is 3. The van der Waals surface area contributed by atoms with E-state index >= 15 is 0 Å². The van der Waals surface area contributed by atoms with Crippen LogP contribution in [0.25, 0.3) is 0 Å². The SMILES string of the molecule is CC(C)(Nc1ccncn1)c1nccs1. The van der Waals surface area contributed by atoms with E-state index in [4.69, 9.17) is 0 Å². The lowest BCUT2D eigenvalue weighted by Crippen LogP contribution is -2.28. The van der Waals surface area contributed by atoms with Crippen LogP contribution in [0.3, 0.4) is 0 Å². The fraction of sp³-hybridized carbons (Fsp3) is 0.300. The average Bonchev–Trinajstić information content (AvgIpc) is 2.71. The van der Waals surface area contributed by atoms with Crippen LogP contribution in [-0.2, 0) is 5.54 Å². The fourth-order valence-corrected chi connectivity index (χ4v) is 1.99. The highest BCUT2D eigenvalue weighted by molar-refractivity contribution is 7.09. The first-order valence-corrected chi connectivity index (χ1v) is 5.50. The molecule has 0 saturated carbocycles. The smallest absolute Gasteiger partial charge is 0.130 e. The summed E-state index contributed by atoms with van der Waals surface area (Å²) in [5.41, 5.74) is -0.206. The van der Waals surface area contributed by atoms with E-state index in [1.807, 2.05) is 17.6 Å². The Balaban J connectivity index is 2.18. The molecule has 0 aliphatic heterocycles. The lowest BCUT2D eigenvalue weighted by atomic mass is 10.1. The molecule has 0 radical (unpaired) electrons. The van der Waals surface area contributed by atoms with Crippen LogP contribution in [0.15, 0.2) is 30.2 Å². The van der Waals surface area contributed by atoms with Gasteiger partial charge in [0.05, 0.1) is 5.54 Å². The predicted molar refractivity (Wildman–Crippen MR) is 60.8 cm³/mol. The first-order chi connectivity index (χ1) is 7.18. The molecule has 78 valence electrons. The number of thiazole rings is 1. The quantitative estimate of drug-likeness (QED) is 0.862. The topological polar surface area (TPSA) is 50.7 Å². The third-order valence-corrected chi connectivity index (χ3v) is 3.09. The number of nitrogens with zero attached hydrogens (tertiary/aromatic N) is 3. The van der Waals surface area contributed by atoms with Gasteiger partial charge < -0.3 is 5.32 Å². The van der Waals surface area contributed by atoms with Gasteiger partial charge in [-0.1, -0.05) is 0 Å². The minimum Gasteiger partial charge on any atom is -0.359 e. The maximum Gasteiger partial charge on any atom is 0.130 e. The van der Waals surface area contributed by atoms with E-state index in [0.717, 1.165) is 10.8 Å². The summed E-state index contributed by atoms with van der Waals surface area (Å²) in [6, 6.07) is 1.84. The summed E-state index contributed by atoms with van der Waals surface area (Å²) in [6.07, 6.45) is 5.05. The van der Waals surface area contributed by atoms with E-state index in [1.165, 1.54) is 6.33 Å². The molecule has 2 rings (SSSR count). The molecule has 2 aromatic rings. The molecule has 0 bridgehead atoms. The van der Waals surface area contributed by atoms with Crippen molar-refractivity contribution < 1.29 is 0 Å². The number of hydrogen-bond donors (Lipinski definition) is 1. The lowest BCUT2D eigenvalue weighted by Gasteiger charge is -2.24. The van der Waals surface area contributed by atoms with E-state index < -0.39 is 0 Å². The van der Waals surface area contributed by atoms with Crippen LogP contribution in [0.1, 0.15) is 18.9 Å². The van der Waals surface area contributed by atoms with Crippen molar-refractivity contribution in [1.29, 1.82) is 0 Å². The second-order valence-corrected chi connectivity index (χ2v) is 4.58. The molecule has 0 atom stereocenters. The lowest BCUT2D eigenvalue weighted by molar-refractivity contribution is 0.600. The third-order valence-electron chi connectivity index (χ3n) is 1.99. The van der Waals surface area contributed by atoms with Crippen molar-refractivity contribution in [1.82, 2.24) is 15.0 Å². The normalized spacial score (nSPS) is 11.3. The largest absolute Gasteiger partial charge is 0.359 e. The first-order valence-electron chi connectivity index (χ1n) is 4.63. The predicted octanol–water partition coefficient (Wildman–Crippen LogP) is 2.28. The molecule has 0 aliphatic rings. The molecule has 0 amide bonds. The molecule has 0 saturated heterocycles. The molecule has 2 heterocycles. The van der Waals surface area contributed by atoms with E-state index in [0.29, 0.717) is 0 Å². The van der Waals surface area contributed by atoms with Crippen LogP contribution in [-0.4, -0.2) is 15.0 Å². The van der Waals surface area contributed by atoms with Gasteiger partial charge in [0.15, 0.2) is 0 Å². The van der Waals surface area contributed by atoms with E-state index in [9.17, 15) is 0 Å². The molecule has 0 aromatic carbocycles. The van der Waals surface area contributed by atoms with Crippen molar-refractivity contribution in [2.75, 3.05) is 5.32 Å². The Hall–Kier alpha value is -1.49. The minimum absolute atomic E-state index is 0.206. The second kappa shape index (κ2) is 3.94.